The number of imidazole rings is 1. The number of rotatable bonds is 3. The molecule has 0 aliphatic heterocycles. The molecule has 1 heterocycles. The minimum Gasteiger partial charge on any atom is -0.384 e. The van der Waals surface area contributed by atoms with Gasteiger partial charge in [0.05, 0.1) is 5.69 Å². The zero-order valence-corrected chi connectivity index (χ0v) is 11.1. The van der Waals surface area contributed by atoms with E-state index in [4.69, 9.17) is 10.7 Å². The predicted octanol–water partition coefficient (Wildman–Crippen LogP) is 3.73. The van der Waals surface area contributed by atoms with Gasteiger partial charge in [0.2, 0.25) is 0 Å². The van der Waals surface area contributed by atoms with Gasteiger partial charge in [-0.25, -0.2) is 4.98 Å². The molecule has 3 aliphatic rings. The third kappa shape index (κ3) is 1.75. The monoisotopic (exact) mass is 245 g/mol. The van der Waals surface area contributed by atoms with Crippen LogP contribution in [0.25, 0.3) is 0 Å². The Labute approximate surface area is 109 Å². The van der Waals surface area contributed by atoms with E-state index in [-0.39, 0.29) is 0 Å². The van der Waals surface area contributed by atoms with Crippen LogP contribution >= 0.6 is 0 Å². The van der Waals surface area contributed by atoms with Crippen molar-refractivity contribution in [1.29, 1.82) is 0 Å². The van der Waals surface area contributed by atoms with Crippen molar-refractivity contribution in [3.63, 3.8) is 0 Å². The lowest BCUT2D eigenvalue weighted by Gasteiger charge is -2.22. The Hall–Kier alpha value is -0.990. The zero-order chi connectivity index (χ0) is 12.1. The maximum absolute atomic E-state index is 6.39. The summed E-state index contributed by atoms with van der Waals surface area (Å²) in [5.74, 6) is 3.73. The van der Waals surface area contributed by atoms with Crippen LogP contribution in [-0.4, -0.2) is 9.55 Å². The summed E-state index contributed by atoms with van der Waals surface area (Å²) in [6, 6.07) is 0.682. The van der Waals surface area contributed by atoms with E-state index < -0.39 is 0 Å². The number of nitrogen functional groups attached to an aromatic ring is 1. The van der Waals surface area contributed by atoms with Crippen LogP contribution in [0.3, 0.4) is 0 Å². The van der Waals surface area contributed by atoms with Crippen molar-refractivity contribution in [3.8, 4) is 0 Å². The van der Waals surface area contributed by atoms with Crippen molar-refractivity contribution < 1.29 is 0 Å². The molecule has 0 saturated heterocycles. The SMILES string of the molecule is Nc1c(C2CC2)nc(C2CCCCC2)n1C1CC1. The summed E-state index contributed by atoms with van der Waals surface area (Å²) in [6.07, 6.45) is 12.0. The number of anilines is 1. The first-order valence-corrected chi connectivity index (χ1v) is 7.72. The molecule has 3 aliphatic carbocycles. The van der Waals surface area contributed by atoms with Gasteiger partial charge in [-0.3, -0.25) is 0 Å². The summed E-state index contributed by atoms with van der Waals surface area (Å²) in [4.78, 5) is 4.99. The molecule has 18 heavy (non-hydrogen) atoms. The summed E-state index contributed by atoms with van der Waals surface area (Å²) < 4.78 is 2.42. The van der Waals surface area contributed by atoms with Crippen LogP contribution in [0.2, 0.25) is 0 Å². The van der Waals surface area contributed by atoms with Crippen LogP contribution in [0.5, 0.6) is 0 Å². The fraction of sp³-hybridized carbons (Fsp3) is 0.800. The molecule has 0 bridgehead atoms. The second-order valence-electron chi connectivity index (χ2n) is 6.45. The van der Waals surface area contributed by atoms with E-state index in [9.17, 15) is 0 Å². The molecule has 0 radical (unpaired) electrons. The third-order valence-electron chi connectivity index (χ3n) is 4.85. The largest absolute Gasteiger partial charge is 0.384 e. The van der Waals surface area contributed by atoms with E-state index in [2.05, 4.69) is 4.57 Å². The van der Waals surface area contributed by atoms with Gasteiger partial charge >= 0.3 is 0 Å². The summed E-state index contributed by atoms with van der Waals surface area (Å²) in [5.41, 5.74) is 7.63. The fourth-order valence-corrected chi connectivity index (χ4v) is 3.50. The molecule has 0 amide bonds. The van der Waals surface area contributed by atoms with Crippen molar-refractivity contribution in [3.05, 3.63) is 11.5 Å². The highest BCUT2D eigenvalue weighted by molar-refractivity contribution is 5.44. The summed E-state index contributed by atoms with van der Waals surface area (Å²) >= 11 is 0. The smallest absolute Gasteiger partial charge is 0.127 e. The first kappa shape index (κ1) is 10.9. The van der Waals surface area contributed by atoms with E-state index in [0.717, 1.165) is 5.82 Å². The minimum atomic E-state index is 0.682. The van der Waals surface area contributed by atoms with Gasteiger partial charge in [-0.2, -0.15) is 0 Å². The molecule has 0 spiro atoms. The Morgan fingerprint density at radius 2 is 1.61 bits per heavy atom. The van der Waals surface area contributed by atoms with Crippen molar-refractivity contribution in [2.24, 2.45) is 0 Å². The maximum atomic E-state index is 6.39. The molecule has 0 unspecified atom stereocenters. The van der Waals surface area contributed by atoms with E-state index in [1.807, 2.05) is 0 Å². The van der Waals surface area contributed by atoms with Gasteiger partial charge in [-0.1, -0.05) is 19.3 Å². The quantitative estimate of drug-likeness (QED) is 0.882. The Kier molecular flexibility index (Phi) is 2.42. The van der Waals surface area contributed by atoms with Gasteiger partial charge < -0.3 is 10.3 Å². The molecule has 3 saturated carbocycles. The maximum Gasteiger partial charge on any atom is 0.127 e. The van der Waals surface area contributed by atoms with Crippen LogP contribution in [0.15, 0.2) is 0 Å². The Morgan fingerprint density at radius 3 is 2.22 bits per heavy atom. The fourth-order valence-electron chi connectivity index (χ4n) is 3.50. The molecule has 3 nitrogen and oxygen atoms in total. The number of nitrogens with two attached hydrogens (primary N) is 1. The first-order valence-electron chi connectivity index (χ1n) is 7.72. The summed E-state index contributed by atoms with van der Waals surface area (Å²) in [6.45, 7) is 0. The van der Waals surface area contributed by atoms with Crippen LogP contribution in [-0.2, 0) is 0 Å². The highest BCUT2D eigenvalue weighted by Crippen LogP contribution is 2.48. The summed E-state index contributed by atoms with van der Waals surface area (Å²) in [7, 11) is 0. The number of hydrogen-bond donors (Lipinski definition) is 1. The van der Waals surface area contributed by atoms with Crippen LogP contribution < -0.4 is 5.73 Å². The molecule has 2 N–H and O–H groups in total. The molecule has 0 atom stereocenters. The van der Waals surface area contributed by atoms with Crippen molar-refractivity contribution in [2.45, 2.75) is 75.7 Å². The van der Waals surface area contributed by atoms with Gasteiger partial charge in [0.25, 0.3) is 0 Å². The predicted molar refractivity (Wildman–Crippen MR) is 72.7 cm³/mol. The average molecular weight is 245 g/mol. The molecular weight excluding hydrogens is 222 g/mol. The Morgan fingerprint density at radius 1 is 0.889 bits per heavy atom. The zero-order valence-electron chi connectivity index (χ0n) is 11.1. The van der Waals surface area contributed by atoms with Gasteiger partial charge in [-0.15, -0.1) is 0 Å². The molecule has 3 heteroatoms. The van der Waals surface area contributed by atoms with Crippen molar-refractivity contribution in [1.82, 2.24) is 9.55 Å². The highest BCUT2D eigenvalue weighted by Gasteiger charge is 2.37. The standard InChI is InChI=1S/C15H23N3/c16-14-13(10-6-7-10)17-15(18(14)12-8-9-12)11-4-2-1-3-5-11/h10-12H,1-9,16H2. The van der Waals surface area contributed by atoms with E-state index in [0.29, 0.717) is 17.9 Å². The second kappa shape index (κ2) is 4.01. The van der Waals surface area contributed by atoms with Gasteiger partial charge in [-0.05, 0) is 38.5 Å². The van der Waals surface area contributed by atoms with Gasteiger partial charge in [0.15, 0.2) is 0 Å². The lowest BCUT2D eigenvalue weighted by Crippen LogP contribution is -2.12. The highest BCUT2D eigenvalue weighted by atomic mass is 15.2. The normalized spacial score (nSPS) is 25.6. The minimum absolute atomic E-state index is 0.682. The lowest BCUT2D eigenvalue weighted by molar-refractivity contribution is 0.416. The molecule has 3 fully saturated rings. The Balaban J connectivity index is 1.72. The van der Waals surface area contributed by atoms with Crippen LogP contribution in [0.1, 0.15) is 87.2 Å². The van der Waals surface area contributed by atoms with Gasteiger partial charge in [0, 0.05) is 17.9 Å². The topological polar surface area (TPSA) is 43.8 Å². The molecular formula is C15H23N3. The van der Waals surface area contributed by atoms with E-state index in [1.54, 1.807) is 0 Å². The van der Waals surface area contributed by atoms with Crippen molar-refractivity contribution in [2.75, 3.05) is 5.73 Å². The van der Waals surface area contributed by atoms with E-state index >= 15 is 0 Å². The Bertz CT molecular complexity index is 449. The van der Waals surface area contributed by atoms with Crippen LogP contribution in [0.4, 0.5) is 5.82 Å². The molecule has 4 rings (SSSR count). The number of nitrogens with zero attached hydrogens (tertiary/aromatic N) is 2. The number of hydrogen-bond acceptors (Lipinski definition) is 2. The second-order valence-corrected chi connectivity index (χ2v) is 6.45. The van der Waals surface area contributed by atoms with E-state index in [1.165, 1.54) is 69.3 Å². The third-order valence-corrected chi connectivity index (χ3v) is 4.85. The molecule has 98 valence electrons. The van der Waals surface area contributed by atoms with Crippen molar-refractivity contribution >= 4 is 5.82 Å². The molecule has 1 aromatic rings. The van der Waals surface area contributed by atoms with Crippen LogP contribution in [0, 0.1) is 0 Å². The van der Waals surface area contributed by atoms with Gasteiger partial charge in [0.1, 0.15) is 11.6 Å². The molecule has 1 aromatic heterocycles. The summed E-state index contributed by atoms with van der Waals surface area (Å²) in [5, 5.41) is 0. The molecule has 0 aromatic carbocycles. The average Bonchev–Trinajstić information content (AvgIpc) is 3.30. The lowest BCUT2D eigenvalue weighted by atomic mass is 9.88. The first-order chi connectivity index (χ1) is 8.84. The number of aromatic nitrogens is 2.